The monoisotopic (exact) mass is 564 g/mol. The molecular weight excluding hydrogens is 559 g/mol. The zero-order valence-corrected chi connectivity index (χ0v) is 21.8. The van der Waals surface area contributed by atoms with Crippen LogP contribution < -0.4 is 29.4 Å². The van der Waals surface area contributed by atoms with Crippen molar-refractivity contribution < 1.29 is 111 Å². The van der Waals surface area contributed by atoms with Gasteiger partial charge in [-0.25, -0.2) is 0 Å². The molecular formula is Cd3O6P2S2. The molecule has 0 aliphatic rings. The first-order valence-corrected chi connectivity index (χ1v) is 6.57. The van der Waals surface area contributed by atoms with Gasteiger partial charge in [-0.15, -0.1) is 0 Å². The number of hydrogen-bond donors (Lipinski definition) is 0. The van der Waals surface area contributed by atoms with E-state index in [1.807, 2.05) is 0 Å². The molecule has 0 spiro atoms. The standard InChI is InChI=1S/3Cd.2H3O3PS/c;;;2*1-4(2,3)5/h;;;2*(H3,1,2,3,5)/q3*+2;;/p-6. The van der Waals surface area contributed by atoms with Crippen molar-refractivity contribution in [3.63, 3.8) is 0 Å². The van der Waals surface area contributed by atoms with Crippen LogP contribution in [-0.2, 0) is 106 Å². The van der Waals surface area contributed by atoms with E-state index in [9.17, 15) is 0 Å². The Morgan fingerprint density at radius 1 is 0.538 bits per heavy atom. The van der Waals surface area contributed by atoms with Crippen molar-refractivity contribution in [3.8, 4) is 0 Å². The summed E-state index contributed by atoms with van der Waals surface area (Å²) in [4.78, 5) is 53.5. The molecule has 0 saturated carbocycles. The molecule has 0 aliphatic heterocycles. The Hall–Kier alpha value is 3.83. The third kappa shape index (κ3) is 207. The molecule has 0 aliphatic carbocycles. The molecule has 13 heavy (non-hydrogen) atoms. The fraction of sp³-hybridized carbons (Fsp3) is 0. The van der Waals surface area contributed by atoms with Crippen LogP contribution in [0.5, 0.6) is 0 Å². The first kappa shape index (κ1) is 30.1. The molecule has 13 heteroatoms. The van der Waals surface area contributed by atoms with Gasteiger partial charge in [0.25, 0.3) is 0 Å². The van der Waals surface area contributed by atoms with Crippen LogP contribution in [0.25, 0.3) is 0 Å². The van der Waals surface area contributed by atoms with Crippen LogP contribution in [0, 0.1) is 0 Å². The fourth-order valence-corrected chi connectivity index (χ4v) is 0. The van der Waals surface area contributed by atoms with Gasteiger partial charge in [0.1, 0.15) is 0 Å². The van der Waals surface area contributed by atoms with Gasteiger partial charge in [0.15, 0.2) is 0 Å². The molecule has 6 nitrogen and oxygen atoms in total. The van der Waals surface area contributed by atoms with Gasteiger partial charge in [-0.05, 0) is 0 Å². The molecule has 0 N–H and O–H groups in total. The SMILES string of the molecule is [Cd+2].[Cd+2].[Cd+2].[O-]P([O-])([O-])=S.[O-]P([O-])([O-])=S. The van der Waals surface area contributed by atoms with Gasteiger partial charge in [-0.3, -0.25) is 0 Å². The second kappa shape index (κ2) is 13.9. The third-order valence-corrected chi connectivity index (χ3v) is 0. The molecule has 64 valence electrons. The molecule has 0 atom stereocenters. The molecule has 0 aromatic heterocycles. The van der Waals surface area contributed by atoms with Crippen LogP contribution in [0.4, 0.5) is 0 Å². The maximum Gasteiger partial charge on any atom is 2.00 e. The third-order valence-electron chi connectivity index (χ3n) is 0. The predicted molar refractivity (Wildman–Crippen MR) is 28.6 cm³/mol. The summed E-state index contributed by atoms with van der Waals surface area (Å²) in [6.07, 6.45) is 0. The summed E-state index contributed by atoms with van der Waals surface area (Å²) >= 11 is 6.54. The van der Waals surface area contributed by atoms with Crippen molar-refractivity contribution in [2.75, 3.05) is 0 Å². The minimum absolute atomic E-state index is 0. The van der Waals surface area contributed by atoms with Crippen LogP contribution >= 0.6 is 13.4 Å². The van der Waals surface area contributed by atoms with E-state index >= 15 is 0 Å². The first-order chi connectivity index (χ1) is 4.00. The summed E-state index contributed by atoms with van der Waals surface area (Å²) in [5.41, 5.74) is 0. The Kier molecular flexibility index (Phi) is 32.2. The zero-order valence-electron chi connectivity index (χ0n) is 6.28. The minimum Gasteiger partial charge on any atom is -0.844 e. The molecule has 0 aromatic carbocycles. The Balaban J connectivity index is -0.0000000267. The maximum atomic E-state index is 8.92. The molecule has 0 aromatic rings. The van der Waals surface area contributed by atoms with Crippen molar-refractivity contribution in [2.45, 2.75) is 0 Å². The molecule has 0 heterocycles. The maximum absolute atomic E-state index is 8.92. The average molecular weight is 559 g/mol. The van der Waals surface area contributed by atoms with Crippen LogP contribution in [0.3, 0.4) is 0 Å². The molecule has 0 saturated heterocycles. The molecule has 0 unspecified atom stereocenters. The van der Waals surface area contributed by atoms with Crippen molar-refractivity contribution in [2.24, 2.45) is 0 Å². The van der Waals surface area contributed by atoms with Gasteiger partial charge < -0.3 is 42.8 Å². The smallest absolute Gasteiger partial charge is 0.844 e. The number of hydrogen-bond acceptors (Lipinski definition) is 8. The van der Waals surface area contributed by atoms with Crippen molar-refractivity contribution in [3.05, 3.63) is 0 Å². The summed E-state index contributed by atoms with van der Waals surface area (Å²) in [5, 5.41) is 0. The quantitative estimate of drug-likeness (QED) is 0.212. The van der Waals surface area contributed by atoms with Crippen molar-refractivity contribution in [1.82, 2.24) is 0 Å². The number of rotatable bonds is 0. The zero-order chi connectivity index (χ0) is 9.00. The van der Waals surface area contributed by atoms with Gasteiger partial charge in [-0.2, -0.15) is 23.6 Å². The Bertz CT molecular complexity index is 136. The Morgan fingerprint density at radius 2 is 0.538 bits per heavy atom. The average Bonchev–Trinajstić information content (AvgIpc) is 1.12. The normalized spacial score (nSPS) is 9.08. The summed E-state index contributed by atoms with van der Waals surface area (Å²) in [6.45, 7) is -9.11. The van der Waals surface area contributed by atoms with Gasteiger partial charge in [-0.1, -0.05) is 0 Å². The van der Waals surface area contributed by atoms with E-state index in [2.05, 4.69) is 23.6 Å². The molecule has 0 amide bonds. The van der Waals surface area contributed by atoms with E-state index in [1.165, 1.54) is 0 Å². The summed E-state index contributed by atoms with van der Waals surface area (Å²) < 4.78 is 0. The van der Waals surface area contributed by atoms with Gasteiger partial charge in [0, 0.05) is 0 Å². The second-order valence-electron chi connectivity index (χ2n) is 0.894. The van der Waals surface area contributed by atoms with Crippen molar-refractivity contribution >= 4 is 37.1 Å². The summed E-state index contributed by atoms with van der Waals surface area (Å²) in [6, 6.07) is 0. The Labute approximate surface area is 146 Å². The first-order valence-electron chi connectivity index (χ1n) is 1.46. The van der Waals surface area contributed by atoms with Gasteiger partial charge >= 0.3 is 81.9 Å². The van der Waals surface area contributed by atoms with Crippen LogP contribution in [0.15, 0.2) is 0 Å². The molecule has 0 radical (unpaired) electrons. The van der Waals surface area contributed by atoms with Crippen LogP contribution in [0.2, 0.25) is 0 Å². The largest absolute Gasteiger partial charge is 2.00 e. The van der Waals surface area contributed by atoms with Crippen LogP contribution in [0.1, 0.15) is 0 Å². The Morgan fingerprint density at radius 3 is 0.538 bits per heavy atom. The minimum atomic E-state index is -4.56. The topological polar surface area (TPSA) is 138 Å². The summed E-state index contributed by atoms with van der Waals surface area (Å²) in [7, 11) is 0. The van der Waals surface area contributed by atoms with E-state index in [4.69, 9.17) is 29.4 Å². The molecule has 0 rings (SSSR count). The van der Waals surface area contributed by atoms with Gasteiger partial charge in [0.05, 0.1) is 0 Å². The molecule has 0 bridgehead atoms. The predicted octanol–water partition coefficient (Wildman–Crippen LogP) is -5.42. The van der Waals surface area contributed by atoms with E-state index in [-0.39, 0.29) is 81.9 Å². The summed E-state index contributed by atoms with van der Waals surface area (Å²) in [5.74, 6) is 0. The fourth-order valence-electron chi connectivity index (χ4n) is 0. The van der Waals surface area contributed by atoms with E-state index in [0.29, 0.717) is 0 Å². The van der Waals surface area contributed by atoms with Crippen molar-refractivity contribution in [1.29, 1.82) is 0 Å². The van der Waals surface area contributed by atoms with E-state index < -0.39 is 13.4 Å². The van der Waals surface area contributed by atoms with E-state index in [1.54, 1.807) is 0 Å². The molecule has 0 fully saturated rings. The second-order valence-corrected chi connectivity index (χ2v) is 5.37. The van der Waals surface area contributed by atoms with Crippen LogP contribution in [-0.4, -0.2) is 0 Å². The van der Waals surface area contributed by atoms with Gasteiger partial charge in [0.2, 0.25) is 0 Å². The van der Waals surface area contributed by atoms with E-state index in [0.717, 1.165) is 0 Å².